The molecule has 1 aliphatic heterocycles. The SMILES string of the molecule is C#CCC1CCCN(C(=O)OCC2c3ccccc3-c3ccccc32)C1. The molecule has 0 bridgehead atoms. The van der Waals surface area contributed by atoms with E-state index in [1.165, 1.54) is 22.3 Å². The molecular weight excluding hydrogens is 322 g/mol. The van der Waals surface area contributed by atoms with Crippen molar-refractivity contribution in [2.45, 2.75) is 25.2 Å². The average molecular weight is 345 g/mol. The maximum absolute atomic E-state index is 12.6. The molecule has 1 unspecified atom stereocenters. The number of terminal acetylenes is 1. The summed E-state index contributed by atoms with van der Waals surface area (Å²) >= 11 is 0. The molecule has 0 spiro atoms. The zero-order valence-corrected chi connectivity index (χ0v) is 14.9. The number of benzene rings is 2. The van der Waals surface area contributed by atoms with Crippen molar-refractivity contribution >= 4 is 6.09 Å². The fourth-order valence-electron chi connectivity index (χ4n) is 4.25. The lowest BCUT2D eigenvalue weighted by Crippen LogP contribution is -2.40. The van der Waals surface area contributed by atoms with Gasteiger partial charge in [-0.3, -0.25) is 0 Å². The van der Waals surface area contributed by atoms with Gasteiger partial charge in [-0.2, -0.15) is 0 Å². The van der Waals surface area contributed by atoms with Crippen LogP contribution in [0.4, 0.5) is 4.79 Å². The van der Waals surface area contributed by atoms with Gasteiger partial charge in [0.05, 0.1) is 0 Å². The van der Waals surface area contributed by atoms with Crippen molar-refractivity contribution in [3.8, 4) is 23.5 Å². The number of carbonyl (C=O) groups is 1. The van der Waals surface area contributed by atoms with E-state index < -0.39 is 0 Å². The van der Waals surface area contributed by atoms with Crippen LogP contribution in [0.1, 0.15) is 36.3 Å². The van der Waals surface area contributed by atoms with Gasteiger partial charge in [0.25, 0.3) is 0 Å². The van der Waals surface area contributed by atoms with E-state index in [-0.39, 0.29) is 12.0 Å². The number of hydrogen-bond acceptors (Lipinski definition) is 2. The third-order valence-corrected chi connectivity index (χ3v) is 5.52. The van der Waals surface area contributed by atoms with Crippen molar-refractivity contribution < 1.29 is 9.53 Å². The lowest BCUT2D eigenvalue weighted by Gasteiger charge is -2.31. The summed E-state index contributed by atoms with van der Waals surface area (Å²) in [4.78, 5) is 14.4. The normalized spacial score (nSPS) is 18.7. The van der Waals surface area contributed by atoms with Crippen LogP contribution in [0.2, 0.25) is 0 Å². The van der Waals surface area contributed by atoms with E-state index >= 15 is 0 Å². The van der Waals surface area contributed by atoms with Crippen LogP contribution in [0, 0.1) is 18.3 Å². The molecule has 0 radical (unpaired) electrons. The summed E-state index contributed by atoms with van der Waals surface area (Å²) in [7, 11) is 0. The Balaban J connectivity index is 1.46. The van der Waals surface area contributed by atoms with Crippen molar-refractivity contribution in [3.63, 3.8) is 0 Å². The smallest absolute Gasteiger partial charge is 0.409 e. The first-order chi connectivity index (χ1) is 12.8. The van der Waals surface area contributed by atoms with Crippen LogP contribution in [0.25, 0.3) is 11.1 Å². The predicted molar refractivity (Wildman–Crippen MR) is 103 cm³/mol. The van der Waals surface area contributed by atoms with Gasteiger partial charge in [-0.05, 0) is 41.0 Å². The molecule has 0 aromatic heterocycles. The molecule has 1 saturated heterocycles. The van der Waals surface area contributed by atoms with Crippen molar-refractivity contribution in [2.24, 2.45) is 5.92 Å². The maximum atomic E-state index is 12.6. The number of rotatable bonds is 3. The van der Waals surface area contributed by atoms with Crippen molar-refractivity contribution in [2.75, 3.05) is 19.7 Å². The minimum atomic E-state index is -0.214. The third-order valence-electron chi connectivity index (χ3n) is 5.52. The van der Waals surface area contributed by atoms with Gasteiger partial charge in [0.15, 0.2) is 0 Å². The van der Waals surface area contributed by atoms with Crippen molar-refractivity contribution in [3.05, 3.63) is 59.7 Å². The Labute approximate surface area is 155 Å². The van der Waals surface area contributed by atoms with E-state index in [4.69, 9.17) is 11.2 Å². The van der Waals surface area contributed by atoms with Gasteiger partial charge in [-0.1, -0.05) is 48.5 Å². The van der Waals surface area contributed by atoms with Crippen LogP contribution >= 0.6 is 0 Å². The van der Waals surface area contributed by atoms with E-state index in [9.17, 15) is 4.79 Å². The molecule has 3 heteroatoms. The lowest BCUT2D eigenvalue weighted by molar-refractivity contribution is 0.0828. The molecular formula is C23H23NO2. The Morgan fingerprint density at radius 2 is 1.77 bits per heavy atom. The van der Waals surface area contributed by atoms with E-state index in [1.807, 2.05) is 4.90 Å². The van der Waals surface area contributed by atoms with Crippen LogP contribution in [-0.2, 0) is 4.74 Å². The highest BCUT2D eigenvalue weighted by molar-refractivity contribution is 5.79. The molecule has 132 valence electrons. The molecule has 0 N–H and O–H groups in total. The second-order valence-electron chi connectivity index (χ2n) is 7.17. The van der Waals surface area contributed by atoms with E-state index in [2.05, 4.69) is 54.5 Å². The maximum Gasteiger partial charge on any atom is 0.409 e. The zero-order chi connectivity index (χ0) is 17.9. The number of fused-ring (bicyclic) bond motifs is 3. The first-order valence-corrected chi connectivity index (χ1v) is 9.31. The summed E-state index contributed by atoms with van der Waals surface area (Å²) in [6.45, 7) is 1.85. The number of nitrogens with zero attached hydrogens (tertiary/aromatic N) is 1. The largest absolute Gasteiger partial charge is 0.448 e. The zero-order valence-electron chi connectivity index (χ0n) is 14.9. The van der Waals surface area contributed by atoms with Crippen LogP contribution in [0.15, 0.2) is 48.5 Å². The molecule has 1 fully saturated rings. The molecule has 2 aliphatic rings. The van der Waals surface area contributed by atoms with E-state index in [1.54, 1.807) is 0 Å². The minimum absolute atomic E-state index is 0.109. The summed E-state index contributed by atoms with van der Waals surface area (Å²) in [5.74, 6) is 3.22. The van der Waals surface area contributed by atoms with E-state index in [0.717, 1.165) is 25.8 Å². The standard InChI is InChI=1S/C23H23NO2/c1-2-8-17-9-7-14-24(15-17)23(25)26-16-22-20-12-5-3-10-18(20)19-11-4-6-13-21(19)22/h1,3-6,10-13,17,22H,7-9,14-16H2. The Bertz CT molecular complexity index is 806. The van der Waals surface area contributed by atoms with E-state index in [0.29, 0.717) is 19.1 Å². The summed E-state index contributed by atoms with van der Waals surface area (Å²) in [6.07, 6.45) is 8.03. The molecule has 2 aromatic rings. The molecule has 1 aliphatic carbocycles. The summed E-state index contributed by atoms with van der Waals surface area (Å²) in [5.41, 5.74) is 4.98. The Kier molecular flexibility index (Phi) is 4.67. The summed E-state index contributed by atoms with van der Waals surface area (Å²) in [6, 6.07) is 16.8. The Morgan fingerprint density at radius 3 is 2.42 bits per heavy atom. The second-order valence-corrected chi connectivity index (χ2v) is 7.17. The van der Waals surface area contributed by atoms with Crippen LogP contribution < -0.4 is 0 Å². The monoisotopic (exact) mass is 345 g/mol. The number of carbonyl (C=O) groups excluding carboxylic acids is 1. The van der Waals surface area contributed by atoms with Crippen LogP contribution in [0.5, 0.6) is 0 Å². The van der Waals surface area contributed by atoms with Gasteiger partial charge in [0, 0.05) is 25.4 Å². The lowest BCUT2D eigenvalue weighted by atomic mass is 9.95. The first kappa shape index (κ1) is 16.7. The third kappa shape index (κ3) is 3.08. The number of hydrogen-bond donors (Lipinski definition) is 0. The molecule has 0 saturated carbocycles. The summed E-state index contributed by atoms with van der Waals surface area (Å²) in [5, 5.41) is 0. The minimum Gasteiger partial charge on any atom is -0.448 e. The Morgan fingerprint density at radius 1 is 1.12 bits per heavy atom. The number of likely N-dealkylation sites (tertiary alicyclic amines) is 1. The van der Waals surface area contributed by atoms with Gasteiger partial charge in [0.1, 0.15) is 6.61 Å². The predicted octanol–water partition coefficient (Wildman–Crippen LogP) is 4.67. The highest BCUT2D eigenvalue weighted by atomic mass is 16.6. The molecule has 3 nitrogen and oxygen atoms in total. The van der Waals surface area contributed by atoms with Gasteiger partial charge in [-0.15, -0.1) is 12.3 Å². The van der Waals surface area contributed by atoms with Crippen molar-refractivity contribution in [1.29, 1.82) is 0 Å². The number of ether oxygens (including phenoxy) is 1. The Hall–Kier alpha value is -2.73. The van der Waals surface area contributed by atoms with Gasteiger partial charge < -0.3 is 9.64 Å². The van der Waals surface area contributed by atoms with Gasteiger partial charge >= 0.3 is 6.09 Å². The number of amides is 1. The highest BCUT2D eigenvalue weighted by Gasteiger charge is 2.30. The molecule has 26 heavy (non-hydrogen) atoms. The van der Waals surface area contributed by atoms with Crippen LogP contribution in [0.3, 0.4) is 0 Å². The quantitative estimate of drug-likeness (QED) is 0.757. The topological polar surface area (TPSA) is 29.5 Å². The molecule has 4 rings (SSSR count). The second kappa shape index (κ2) is 7.25. The highest BCUT2D eigenvalue weighted by Crippen LogP contribution is 2.44. The molecule has 1 atom stereocenters. The number of piperidine rings is 1. The van der Waals surface area contributed by atoms with Gasteiger partial charge in [-0.25, -0.2) is 4.79 Å². The molecule has 1 amide bonds. The molecule has 2 aromatic carbocycles. The van der Waals surface area contributed by atoms with Crippen LogP contribution in [-0.4, -0.2) is 30.7 Å². The summed E-state index contributed by atoms with van der Waals surface area (Å²) < 4.78 is 5.74. The average Bonchev–Trinajstić information content (AvgIpc) is 3.01. The van der Waals surface area contributed by atoms with Gasteiger partial charge in [0.2, 0.25) is 0 Å². The fourth-order valence-corrected chi connectivity index (χ4v) is 4.25. The first-order valence-electron chi connectivity index (χ1n) is 9.31. The van der Waals surface area contributed by atoms with Crippen molar-refractivity contribution in [1.82, 2.24) is 4.90 Å². The molecule has 1 heterocycles. The fraction of sp³-hybridized carbons (Fsp3) is 0.348.